The van der Waals surface area contributed by atoms with Gasteiger partial charge < -0.3 is 4.42 Å². The Morgan fingerprint density at radius 1 is 1.17 bits per heavy atom. The lowest BCUT2D eigenvalue weighted by atomic mass is 10.1. The molecule has 2 heteroatoms. The number of aryl methyl sites for hydroxylation is 2. The van der Waals surface area contributed by atoms with E-state index in [9.17, 15) is 4.79 Å². The van der Waals surface area contributed by atoms with Crippen molar-refractivity contribution in [2.24, 2.45) is 0 Å². The molecule has 1 aromatic carbocycles. The van der Waals surface area contributed by atoms with Gasteiger partial charge in [0.2, 0.25) is 0 Å². The molecule has 1 aromatic heterocycles. The highest BCUT2D eigenvalue weighted by molar-refractivity contribution is 6.06. The van der Waals surface area contributed by atoms with Crippen LogP contribution in [0.3, 0.4) is 0 Å². The highest BCUT2D eigenvalue weighted by atomic mass is 16.3. The van der Waals surface area contributed by atoms with Crippen LogP contribution in [-0.4, -0.2) is 5.78 Å². The second-order valence-electron chi connectivity index (χ2n) is 4.20. The second kappa shape index (κ2) is 5.50. The fourth-order valence-corrected chi connectivity index (χ4v) is 1.70. The normalized spacial score (nSPS) is 11.0. The quantitative estimate of drug-likeness (QED) is 0.596. The van der Waals surface area contributed by atoms with Gasteiger partial charge in [-0.15, -0.1) is 0 Å². The van der Waals surface area contributed by atoms with Crippen LogP contribution >= 0.6 is 0 Å². The molecule has 0 saturated heterocycles. The standard InChI is InChI=1S/C16H16O2/c1-3-13-5-7-14(8-6-13)16(17)11-10-15-9-4-12(2)18-15/h4-11H,3H2,1-2H3/b11-10+. The highest BCUT2D eigenvalue weighted by Gasteiger charge is 2.02. The Bertz CT molecular complexity index is 559. The van der Waals surface area contributed by atoms with Gasteiger partial charge in [-0.3, -0.25) is 4.79 Å². The lowest BCUT2D eigenvalue weighted by molar-refractivity contribution is 0.104. The van der Waals surface area contributed by atoms with E-state index >= 15 is 0 Å². The van der Waals surface area contributed by atoms with E-state index < -0.39 is 0 Å². The van der Waals surface area contributed by atoms with Crippen molar-refractivity contribution in [3.8, 4) is 0 Å². The number of ketones is 1. The third-order valence-electron chi connectivity index (χ3n) is 2.81. The summed E-state index contributed by atoms with van der Waals surface area (Å²) in [6, 6.07) is 11.4. The van der Waals surface area contributed by atoms with Crippen LogP contribution < -0.4 is 0 Å². The summed E-state index contributed by atoms with van der Waals surface area (Å²) < 4.78 is 5.37. The van der Waals surface area contributed by atoms with Crippen LogP contribution in [0.4, 0.5) is 0 Å². The minimum Gasteiger partial charge on any atom is -0.462 e. The van der Waals surface area contributed by atoms with Crippen molar-refractivity contribution >= 4 is 11.9 Å². The van der Waals surface area contributed by atoms with Crippen LogP contribution in [0.1, 0.15) is 34.4 Å². The summed E-state index contributed by atoms with van der Waals surface area (Å²) >= 11 is 0. The molecule has 0 aliphatic heterocycles. The molecule has 0 saturated carbocycles. The number of allylic oxidation sites excluding steroid dienone is 1. The van der Waals surface area contributed by atoms with Crippen molar-refractivity contribution in [3.63, 3.8) is 0 Å². The Morgan fingerprint density at radius 2 is 1.89 bits per heavy atom. The summed E-state index contributed by atoms with van der Waals surface area (Å²) in [7, 11) is 0. The van der Waals surface area contributed by atoms with Crippen LogP contribution in [0.15, 0.2) is 46.9 Å². The van der Waals surface area contributed by atoms with Gasteiger partial charge in [-0.1, -0.05) is 31.2 Å². The Morgan fingerprint density at radius 3 is 2.44 bits per heavy atom. The van der Waals surface area contributed by atoms with Crippen molar-refractivity contribution in [2.45, 2.75) is 20.3 Å². The summed E-state index contributed by atoms with van der Waals surface area (Å²) in [5, 5.41) is 0. The molecular weight excluding hydrogens is 224 g/mol. The van der Waals surface area contributed by atoms with Crippen LogP contribution in [0.5, 0.6) is 0 Å². The summed E-state index contributed by atoms with van der Waals surface area (Å²) in [5.74, 6) is 1.53. The van der Waals surface area contributed by atoms with Gasteiger partial charge in [-0.2, -0.15) is 0 Å². The molecular formula is C16H16O2. The molecule has 2 aromatic rings. The molecule has 0 atom stereocenters. The SMILES string of the molecule is CCc1ccc(C(=O)/C=C/c2ccc(C)o2)cc1. The van der Waals surface area contributed by atoms with Gasteiger partial charge >= 0.3 is 0 Å². The van der Waals surface area contributed by atoms with Crippen LogP contribution in [0, 0.1) is 6.92 Å². The van der Waals surface area contributed by atoms with Crippen molar-refractivity contribution < 1.29 is 9.21 Å². The van der Waals surface area contributed by atoms with E-state index in [-0.39, 0.29) is 5.78 Å². The topological polar surface area (TPSA) is 30.2 Å². The summed E-state index contributed by atoms with van der Waals surface area (Å²) in [5.41, 5.74) is 1.93. The fraction of sp³-hybridized carbons (Fsp3) is 0.188. The second-order valence-corrected chi connectivity index (χ2v) is 4.20. The van der Waals surface area contributed by atoms with Gasteiger partial charge in [0.15, 0.2) is 5.78 Å². The fourth-order valence-electron chi connectivity index (χ4n) is 1.70. The zero-order valence-corrected chi connectivity index (χ0v) is 10.6. The first-order valence-corrected chi connectivity index (χ1v) is 6.07. The number of hydrogen-bond donors (Lipinski definition) is 0. The molecule has 2 nitrogen and oxygen atoms in total. The molecule has 1 heterocycles. The molecule has 0 spiro atoms. The van der Waals surface area contributed by atoms with E-state index in [4.69, 9.17) is 4.42 Å². The number of carbonyl (C=O) groups is 1. The van der Waals surface area contributed by atoms with E-state index in [1.807, 2.05) is 43.3 Å². The van der Waals surface area contributed by atoms with Crippen molar-refractivity contribution in [2.75, 3.05) is 0 Å². The minimum atomic E-state index is -0.00768. The number of benzene rings is 1. The Hall–Kier alpha value is -2.09. The van der Waals surface area contributed by atoms with Crippen molar-refractivity contribution in [1.29, 1.82) is 0 Å². The van der Waals surface area contributed by atoms with Gasteiger partial charge in [0.25, 0.3) is 0 Å². The number of furan rings is 1. The number of hydrogen-bond acceptors (Lipinski definition) is 2. The Labute approximate surface area is 107 Å². The van der Waals surface area contributed by atoms with Crippen molar-refractivity contribution in [1.82, 2.24) is 0 Å². The van der Waals surface area contributed by atoms with E-state index in [1.165, 1.54) is 5.56 Å². The molecule has 0 aliphatic rings. The zero-order chi connectivity index (χ0) is 13.0. The molecule has 2 rings (SSSR count). The van der Waals surface area contributed by atoms with Gasteiger partial charge in [0.05, 0.1) is 0 Å². The Kier molecular flexibility index (Phi) is 3.78. The Balaban J connectivity index is 2.09. The summed E-state index contributed by atoms with van der Waals surface area (Å²) in [6.07, 6.45) is 4.22. The van der Waals surface area contributed by atoms with E-state index in [0.717, 1.165) is 12.2 Å². The predicted molar refractivity (Wildman–Crippen MR) is 72.6 cm³/mol. The third-order valence-corrected chi connectivity index (χ3v) is 2.81. The first-order valence-electron chi connectivity index (χ1n) is 6.07. The molecule has 0 aliphatic carbocycles. The molecule has 92 valence electrons. The van der Waals surface area contributed by atoms with Gasteiger partial charge in [0.1, 0.15) is 11.5 Å². The molecule has 0 radical (unpaired) electrons. The van der Waals surface area contributed by atoms with Gasteiger partial charge in [-0.25, -0.2) is 0 Å². The number of carbonyl (C=O) groups excluding carboxylic acids is 1. The van der Waals surface area contributed by atoms with E-state index in [1.54, 1.807) is 12.2 Å². The predicted octanol–water partition coefficient (Wildman–Crippen LogP) is 4.05. The summed E-state index contributed by atoms with van der Waals surface area (Å²) in [6.45, 7) is 3.97. The van der Waals surface area contributed by atoms with E-state index in [2.05, 4.69) is 6.92 Å². The first kappa shape index (κ1) is 12.4. The minimum absolute atomic E-state index is 0.00768. The zero-order valence-electron chi connectivity index (χ0n) is 10.6. The summed E-state index contributed by atoms with van der Waals surface area (Å²) in [4.78, 5) is 11.9. The molecule has 0 unspecified atom stereocenters. The van der Waals surface area contributed by atoms with Crippen LogP contribution in [0.2, 0.25) is 0 Å². The lowest BCUT2D eigenvalue weighted by Gasteiger charge is -1.98. The maximum atomic E-state index is 11.9. The van der Waals surface area contributed by atoms with Gasteiger partial charge in [0, 0.05) is 5.56 Å². The smallest absolute Gasteiger partial charge is 0.185 e. The average Bonchev–Trinajstić information content (AvgIpc) is 2.82. The van der Waals surface area contributed by atoms with Gasteiger partial charge in [-0.05, 0) is 43.2 Å². The maximum Gasteiger partial charge on any atom is 0.185 e. The first-order chi connectivity index (χ1) is 8.69. The van der Waals surface area contributed by atoms with Crippen LogP contribution in [-0.2, 0) is 6.42 Å². The maximum absolute atomic E-state index is 11.9. The third kappa shape index (κ3) is 2.98. The largest absolute Gasteiger partial charge is 0.462 e. The highest BCUT2D eigenvalue weighted by Crippen LogP contribution is 2.10. The molecule has 0 bridgehead atoms. The van der Waals surface area contributed by atoms with Crippen molar-refractivity contribution in [3.05, 3.63) is 65.1 Å². The molecule has 0 amide bonds. The lowest BCUT2D eigenvalue weighted by Crippen LogP contribution is -1.94. The van der Waals surface area contributed by atoms with Crippen LogP contribution in [0.25, 0.3) is 6.08 Å². The molecule has 0 N–H and O–H groups in total. The van der Waals surface area contributed by atoms with E-state index in [0.29, 0.717) is 11.3 Å². The number of rotatable bonds is 4. The molecule has 0 fully saturated rings. The monoisotopic (exact) mass is 240 g/mol. The average molecular weight is 240 g/mol. The molecule has 18 heavy (non-hydrogen) atoms.